The second kappa shape index (κ2) is 3.43. The van der Waals surface area contributed by atoms with Gasteiger partial charge < -0.3 is 14.9 Å². The number of carbonyl (C=O) groups is 1. The molecule has 1 aliphatic heterocycles. The molecule has 21 heavy (non-hydrogen) atoms. The molecule has 4 aliphatic rings. The normalized spacial score (nSPS) is 42.4. The molecule has 2 saturated carbocycles. The Morgan fingerprint density at radius 2 is 2.14 bits per heavy atom. The van der Waals surface area contributed by atoms with E-state index in [0.717, 1.165) is 36.8 Å². The molecule has 1 aromatic carbocycles. The van der Waals surface area contributed by atoms with E-state index in [9.17, 15) is 15.0 Å². The summed E-state index contributed by atoms with van der Waals surface area (Å²) in [4.78, 5) is 12.5. The molecule has 5 rings (SSSR count). The Labute approximate surface area is 122 Å². The van der Waals surface area contributed by atoms with Crippen LogP contribution in [0, 0.1) is 5.92 Å². The molecule has 2 bridgehead atoms. The van der Waals surface area contributed by atoms with E-state index in [1.165, 1.54) is 0 Å². The third-order valence-corrected chi connectivity index (χ3v) is 6.44. The van der Waals surface area contributed by atoms with Crippen molar-refractivity contribution in [3.63, 3.8) is 0 Å². The van der Waals surface area contributed by atoms with Crippen LogP contribution in [-0.4, -0.2) is 27.7 Å². The Kier molecular flexibility index (Phi) is 1.97. The van der Waals surface area contributed by atoms with Crippen LogP contribution in [0.2, 0.25) is 0 Å². The topological polar surface area (TPSA) is 66.8 Å². The van der Waals surface area contributed by atoms with Gasteiger partial charge in [0.25, 0.3) is 0 Å². The number of phenolic OH excluding ortho intramolecular Hbond substituents is 1. The molecular formula is C17H18O4. The number of hydrogen-bond donors (Lipinski definition) is 2. The molecule has 2 unspecified atom stereocenters. The number of carbonyl (C=O) groups excluding carboxylic acids is 1. The van der Waals surface area contributed by atoms with Gasteiger partial charge in [-0.2, -0.15) is 0 Å². The molecule has 3 aliphatic carbocycles. The average Bonchev–Trinajstić information content (AvgIpc) is 2.80. The summed E-state index contributed by atoms with van der Waals surface area (Å²) in [5, 5.41) is 21.7. The van der Waals surface area contributed by atoms with E-state index in [4.69, 9.17) is 4.74 Å². The maximum Gasteiger partial charge on any atom is 0.174 e. The van der Waals surface area contributed by atoms with E-state index in [1.807, 2.05) is 6.07 Å². The minimum absolute atomic E-state index is 0.0729. The zero-order valence-electron chi connectivity index (χ0n) is 11.8. The predicted octanol–water partition coefficient (Wildman–Crippen LogP) is 1.84. The van der Waals surface area contributed by atoms with Gasteiger partial charge in [0, 0.05) is 12.0 Å². The summed E-state index contributed by atoms with van der Waals surface area (Å²) in [5.41, 5.74) is 0.608. The molecule has 1 aromatic rings. The Hall–Kier alpha value is -1.55. The maximum atomic E-state index is 12.5. The van der Waals surface area contributed by atoms with Gasteiger partial charge in [-0.3, -0.25) is 4.79 Å². The molecule has 110 valence electrons. The molecule has 0 amide bonds. The standard InChI is InChI=1S/C17H18O4/c18-11-4-3-9-8-10-2-1-6-16-13(9)14(11)21-15(16)12(19)5-7-17(10,16)20/h3-4,10,15,18,20H,1-2,5-8H2/t10?,15-,16-,17?/m0/s1. The number of Topliss-reactive ketones (excluding diaryl/α,β-unsaturated/α-hetero) is 1. The van der Waals surface area contributed by atoms with Gasteiger partial charge in [-0.05, 0) is 43.2 Å². The monoisotopic (exact) mass is 286 g/mol. The Balaban J connectivity index is 1.89. The van der Waals surface area contributed by atoms with E-state index in [1.54, 1.807) is 6.07 Å². The average molecular weight is 286 g/mol. The number of hydrogen-bond acceptors (Lipinski definition) is 4. The predicted molar refractivity (Wildman–Crippen MR) is 74.4 cm³/mol. The van der Waals surface area contributed by atoms with Gasteiger partial charge in [-0.1, -0.05) is 12.5 Å². The molecule has 2 fully saturated rings. The maximum absolute atomic E-state index is 12.5. The zero-order valence-corrected chi connectivity index (χ0v) is 11.8. The van der Waals surface area contributed by atoms with Gasteiger partial charge in [-0.15, -0.1) is 0 Å². The third-order valence-electron chi connectivity index (χ3n) is 6.44. The van der Waals surface area contributed by atoms with Crippen molar-refractivity contribution in [2.24, 2.45) is 5.92 Å². The number of rotatable bonds is 0. The first-order valence-electron chi connectivity index (χ1n) is 7.85. The molecule has 0 radical (unpaired) electrons. The summed E-state index contributed by atoms with van der Waals surface area (Å²) in [5.74, 6) is 0.820. The van der Waals surface area contributed by atoms with E-state index in [2.05, 4.69) is 0 Å². The number of benzene rings is 1. The van der Waals surface area contributed by atoms with Crippen LogP contribution in [0.15, 0.2) is 12.1 Å². The second-order valence-corrected chi connectivity index (χ2v) is 7.10. The largest absolute Gasteiger partial charge is 0.504 e. The van der Waals surface area contributed by atoms with Crippen LogP contribution in [0.25, 0.3) is 0 Å². The van der Waals surface area contributed by atoms with Crippen molar-refractivity contribution in [3.05, 3.63) is 23.3 Å². The Morgan fingerprint density at radius 1 is 1.29 bits per heavy atom. The minimum atomic E-state index is -0.851. The first kappa shape index (κ1) is 12.0. The van der Waals surface area contributed by atoms with E-state index >= 15 is 0 Å². The smallest absolute Gasteiger partial charge is 0.174 e. The van der Waals surface area contributed by atoms with Crippen molar-refractivity contribution in [1.29, 1.82) is 0 Å². The fraction of sp³-hybridized carbons (Fsp3) is 0.588. The van der Waals surface area contributed by atoms with Crippen LogP contribution in [0.3, 0.4) is 0 Å². The highest BCUT2D eigenvalue weighted by atomic mass is 16.5. The van der Waals surface area contributed by atoms with Crippen molar-refractivity contribution in [1.82, 2.24) is 0 Å². The summed E-state index contributed by atoms with van der Waals surface area (Å²) in [6, 6.07) is 3.60. The van der Waals surface area contributed by atoms with Gasteiger partial charge in [0.05, 0.1) is 11.0 Å². The lowest BCUT2D eigenvalue weighted by atomic mass is 9.46. The SMILES string of the molecule is O=C1CCC2(O)C3CCC[C@@]24c2c(ccc(O)c2O[C@@H]14)C3. The van der Waals surface area contributed by atoms with Crippen molar-refractivity contribution in [2.75, 3.05) is 0 Å². The Morgan fingerprint density at radius 3 is 3.00 bits per heavy atom. The zero-order chi connectivity index (χ0) is 14.4. The van der Waals surface area contributed by atoms with E-state index in [-0.39, 0.29) is 17.5 Å². The highest BCUT2D eigenvalue weighted by Gasteiger charge is 2.71. The van der Waals surface area contributed by atoms with Crippen LogP contribution in [0.5, 0.6) is 11.5 Å². The molecular weight excluding hydrogens is 268 g/mol. The van der Waals surface area contributed by atoms with E-state index < -0.39 is 17.1 Å². The van der Waals surface area contributed by atoms with Gasteiger partial charge in [0.1, 0.15) is 0 Å². The highest BCUT2D eigenvalue weighted by Crippen LogP contribution is 2.66. The first-order valence-corrected chi connectivity index (χ1v) is 7.85. The molecule has 2 N–H and O–H groups in total. The van der Waals surface area contributed by atoms with Crippen molar-refractivity contribution >= 4 is 5.78 Å². The van der Waals surface area contributed by atoms with Crippen LogP contribution >= 0.6 is 0 Å². The highest BCUT2D eigenvalue weighted by molar-refractivity contribution is 5.89. The number of ketones is 1. The van der Waals surface area contributed by atoms with Crippen molar-refractivity contribution < 1.29 is 19.7 Å². The van der Waals surface area contributed by atoms with Crippen molar-refractivity contribution in [3.8, 4) is 11.5 Å². The van der Waals surface area contributed by atoms with Gasteiger partial charge in [0.2, 0.25) is 0 Å². The number of ether oxygens (including phenoxy) is 1. The molecule has 0 saturated heterocycles. The lowest BCUT2D eigenvalue weighted by Gasteiger charge is -2.59. The number of aliphatic hydroxyl groups is 1. The summed E-state index contributed by atoms with van der Waals surface area (Å²) < 4.78 is 5.93. The lowest BCUT2D eigenvalue weighted by Crippen LogP contribution is -2.69. The van der Waals surface area contributed by atoms with Crippen LogP contribution in [0.1, 0.15) is 43.2 Å². The minimum Gasteiger partial charge on any atom is -0.504 e. The molecule has 4 nitrogen and oxygen atoms in total. The van der Waals surface area contributed by atoms with Gasteiger partial charge >= 0.3 is 0 Å². The van der Waals surface area contributed by atoms with Crippen LogP contribution in [-0.2, 0) is 16.6 Å². The quantitative estimate of drug-likeness (QED) is 0.763. The fourth-order valence-corrected chi connectivity index (χ4v) is 5.64. The lowest BCUT2D eigenvalue weighted by molar-refractivity contribution is -0.177. The fourth-order valence-electron chi connectivity index (χ4n) is 5.64. The molecule has 4 heteroatoms. The molecule has 0 aromatic heterocycles. The first-order chi connectivity index (χ1) is 10.1. The van der Waals surface area contributed by atoms with Gasteiger partial charge in [0.15, 0.2) is 23.4 Å². The van der Waals surface area contributed by atoms with Crippen LogP contribution < -0.4 is 4.74 Å². The number of phenols is 1. The summed E-state index contributed by atoms with van der Waals surface area (Å²) >= 11 is 0. The second-order valence-electron chi connectivity index (χ2n) is 7.10. The summed E-state index contributed by atoms with van der Waals surface area (Å²) in [7, 11) is 0. The summed E-state index contributed by atoms with van der Waals surface area (Å²) in [6.45, 7) is 0. The van der Waals surface area contributed by atoms with E-state index in [0.29, 0.717) is 18.6 Å². The third kappa shape index (κ3) is 1.10. The van der Waals surface area contributed by atoms with Gasteiger partial charge in [-0.25, -0.2) is 0 Å². The van der Waals surface area contributed by atoms with Crippen LogP contribution in [0.4, 0.5) is 0 Å². The number of aromatic hydroxyl groups is 1. The van der Waals surface area contributed by atoms with Crippen molar-refractivity contribution in [2.45, 2.75) is 55.6 Å². The Bertz CT molecular complexity index is 682. The molecule has 1 spiro atoms. The molecule has 1 heterocycles. The summed E-state index contributed by atoms with van der Waals surface area (Å²) in [6.07, 6.45) is 3.92. The molecule has 4 atom stereocenters.